The highest BCUT2D eigenvalue weighted by Gasteiger charge is 2.37. The van der Waals surface area contributed by atoms with Gasteiger partial charge in [-0.3, -0.25) is 15.5 Å². The molecule has 0 saturated carbocycles. The Morgan fingerprint density at radius 1 is 1.40 bits per heavy atom. The van der Waals surface area contributed by atoms with Crippen molar-refractivity contribution in [3.63, 3.8) is 0 Å². The number of ether oxygens (including phenoxy) is 1. The van der Waals surface area contributed by atoms with E-state index in [4.69, 9.17) is 4.74 Å². The lowest BCUT2D eigenvalue weighted by Gasteiger charge is -2.26. The van der Waals surface area contributed by atoms with Crippen LogP contribution in [0.3, 0.4) is 0 Å². The molecule has 1 atom stereocenters. The van der Waals surface area contributed by atoms with Crippen molar-refractivity contribution < 1.29 is 24.4 Å². The standard InChI is InChI=1S/C16H17N3O6/c1-8(2)25-16(22)12-9(3)17-18-14(15(20)21)13(12)10-5-4-6-11(7-10)19(23)24/h4-8,13,17H,1-3H3,(H,20,21). The van der Waals surface area contributed by atoms with Crippen molar-refractivity contribution in [1.82, 2.24) is 5.43 Å². The largest absolute Gasteiger partial charge is 0.477 e. The lowest BCUT2D eigenvalue weighted by Crippen LogP contribution is -2.35. The lowest BCUT2D eigenvalue weighted by atomic mass is 9.84. The van der Waals surface area contributed by atoms with Crippen LogP contribution >= 0.6 is 0 Å². The summed E-state index contributed by atoms with van der Waals surface area (Å²) in [5, 5.41) is 24.2. The van der Waals surface area contributed by atoms with Crippen LogP contribution in [0.25, 0.3) is 0 Å². The van der Waals surface area contributed by atoms with Crippen LogP contribution in [0.2, 0.25) is 0 Å². The molecule has 9 heteroatoms. The molecule has 2 rings (SSSR count). The summed E-state index contributed by atoms with van der Waals surface area (Å²) in [6.45, 7) is 4.89. The van der Waals surface area contributed by atoms with Crippen molar-refractivity contribution in [2.24, 2.45) is 5.10 Å². The molecule has 1 aliphatic rings. The number of hydrogen-bond acceptors (Lipinski definition) is 7. The summed E-state index contributed by atoms with van der Waals surface area (Å²) in [7, 11) is 0. The number of nitro benzene ring substituents is 1. The zero-order valence-electron chi connectivity index (χ0n) is 13.8. The minimum Gasteiger partial charge on any atom is -0.477 e. The summed E-state index contributed by atoms with van der Waals surface area (Å²) < 4.78 is 5.20. The fraction of sp³-hybridized carbons (Fsp3) is 0.312. The normalized spacial score (nSPS) is 17.0. The maximum absolute atomic E-state index is 12.5. The molecule has 0 aliphatic carbocycles. The second-order valence-electron chi connectivity index (χ2n) is 5.69. The molecular formula is C16H17N3O6. The molecule has 0 saturated heterocycles. The number of hydrogen-bond donors (Lipinski definition) is 2. The van der Waals surface area contributed by atoms with E-state index in [0.717, 1.165) is 0 Å². The smallest absolute Gasteiger partial charge is 0.353 e. The van der Waals surface area contributed by atoms with E-state index in [1.807, 2.05) is 0 Å². The number of hydrazone groups is 1. The number of benzene rings is 1. The number of nitrogens with one attached hydrogen (secondary N) is 1. The molecule has 25 heavy (non-hydrogen) atoms. The summed E-state index contributed by atoms with van der Waals surface area (Å²) >= 11 is 0. The highest BCUT2D eigenvalue weighted by Crippen LogP contribution is 2.33. The first-order valence-corrected chi connectivity index (χ1v) is 7.45. The van der Waals surface area contributed by atoms with Crippen LogP contribution in [-0.4, -0.2) is 33.8 Å². The molecule has 0 spiro atoms. The Hall–Kier alpha value is -3.23. The first-order valence-electron chi connectivity index (χ1n) is 7.45. The first-order chi connectivity index (χ1) is 11.7. The van der Waals surface area contributed by atoms with Gasteiger partial charge in [0.15, 0.2) is 5.71 Å². The lowest BCUT2D eigenvalue weighted by molar-refractivity contribution is -0.384. The van der Waals surface area contributed by atoms with Crippen LogP contribution < -0.4 is 5.43 Å². The minimum absolute atomic E-state index is 0.0570. The van der Waals surface area contributed by atoms with Crippen molar-refractivity contribution in [2.45, 2.75) is 32.8 Å². The van der Waals surface area contributed by atoms with E-state index in [0.29, 0.717) is 5.70 Å². The number of esters is 1. The Bertz CT molecular complexity index is 797. The molecule has 0 aromatic heterocycles. The molecule has 0 amide bonds. The molecule has 2 N–H and O–H groups in total. The maximum atomic E-state index is 12.5. The van der Waals surface area contributed by atoms with Gasteiger partial charge < -0.3 is 9.84 Å². The molecule has 0 fully saturated rings. The van der Waals surface area contributed by atoms with E-state index in [1.165, 1.54) is 24.3 Å². The second kappa shape index (κ2) is 7.12. The number of carboxylic acids is 1. The van der Waals surface area contributed by atoms with Crippen molar-refractivity contribution in [2.75, 3.05) is 0 Å². The van der Waals surface area contributed by atoms with Gasteiger partial charge in [0.25, 0.3) is 5.69 Å². The molecule has 9 nitrogen and oxygen atoms in total. The number of aliphatic carboxylic acids is 1. The first kappa shape index (κ1) is 18.1. The van der Waals surface area contributed by atoms with Gasteiger partial charge in [-0.25, -0.2) is 9.59 Å². The van der Waals surface area contributed by atoms with Gasteiger partial charge in [0.05, 0.1) is 22.5 Å². The predicted octanol–water partition coefficient (Wildman–Crippen LogP) is 1.95. The highest BCUT2D eigenvalue weighted by molar-refractivity contribution is 6.39. The third kappa shape index (κ3) is 3.82. The fourth-order valence-corrected chi connectivity index (χ4v) is 2.48. The summed E-state index contributed by atoms with van der Waals surface area (Å²) in [5.74, 6) is -3.12. The Kier molecular flexibility index (Phi) is 5.16. The van der Waals surface area contributed by atoms with Crippen LogP contribution in [0, 0.1) is 10.1 Å². The molecule has 1 aromatic carbocycles. The van der Waals surface area contributed by atoms with Crippen molar-refractivity contribution in [3.8, 4) is 0 Å². The SMILES string of the molecule is CC1=C(C(=O)OC(C)C)C(c2cccc([N+](=O)[O-])c2)C(C(=O)O)=NN1. The average molecular weight is 347 g/mol. The molecule has 0 radical (unpaired) electrons. The Balaban J connectivity index is 2.60. The molecular weight excluding hydrogens is 330 g/mol. The monoisotopic (exact) mass is 347 g/mol. The van der Waals surface area contributed by atoms with Gasteiger partial charge in [-0.05, 0) is 26.3 Å². The zero-order valence-corrected chi connectivity index (χ0v) is 13.8. The van der Waals surface area contributed by atoms with Gasteiger partial charge in [-0.15, -0.1) is 0 Å². The predicted molar refractivity (Wildman–Crippen MR) is 88.0 cm³/mol. The number of carboxylic acid groups (broad SMARTS) is 1. The fourth-order valence-electron chi connectivity index (χ4n) is 2.48. The third-order valence-electron chi connectivity index (χ3n) is 3.51. The number of carbonyl (C=O) groups is 2. The van der Waals surface area contributed by atoms with Crippen LogP contribution in [0.5, 0.6) is 0 Å². The number of non-ortho nitro benzene ring substituents is 1. The van der Waals surface area contributed by atoms with Crippen LogP contribution in [0.15, 0.2) is 40.6 Å². The van der Waals surface area contributed by atoms with Crippen molar-refractivity contribution in [3.05, 3.63) is 51.2 Å². The summed E-state index contributed by atoms with van der Waals surface area (Å²) in [4.78, 5) is 34.5. The molecule has 1 aromatic rings. The van der Waals surface area contributed by atoms with Gasteiger partial charge in [-0.2, -0.15) is 5.10 Å². The maximum Gasteiger partial charge on any atom is 0.353 e. The minimum atomic E-state index is -1.34. The Morgan fingerprint density at radius 2 is 2.08 bits per heavy atom. The van der Waals surface area contributed by atoms with E-state index in [-0.39, 0.29) is 22.5 Å². The van der Waals surface area contributed by atoms with Crippen molar-refractivity contribution >= 4 is 23.3 Å². The number of rotatable bonds is 5. The van der Waals surface area contributed by atoms with Gasteiger partial charge in [0.2, 0.25) is 0 Å². The molecule has 0 bridgehead atoms. The van der Waals surface area contributed by atoms with Crippen LogP contribution in [-0.2, 0) is 14.3 Å². The van der Waals surface area contributed by atoms with E-state index in [9.17, 15) is 24.8 Å². The van der Waals surface area contributed by atoms with E-state index >= 15 is 0 Å². The molecule has 1 aliphatic heterocycles. The number of nitrogens with zero attached hydrogens (tertiary/aromatic N) is 2. The number of allylic oxidation sites excluding steroid dienone is 1. The quantitative estimate of drug-likeness (QED) is 0.473. The summed E-state index contributed by atoms with van der Waals surface area (Å²) in [6, 6.07) is 5.45. The van der Waals surface area contributed by atoms with Crippen LogP contribution in [0.4, 0.5) is 5.69 Å². The Labute approximate surface area is 143 Å². The summed E-state index contributed by atoms with van der Waals surface area (Å²) in [5.41, 5.74) is 2.60. The number of carbonyl (C=O) groups excluding carboxylic acids is 1. The zero-order chi connectivity index (χ0) is 18.7. The third-order valence-corrected chi connectivity index (χ3v) is 3.51. The topological polar surface area (TPSA) is 131 Å². The van der Waals surface area contributed by atoms with Gasteiger partial charge >= 0.3 is 11.9 Å². The van der Waals surface area contributed by atoms with E-state index < -0.39 is 28.9 Å². The average Bonchev–Trinajstić information content (AvgIpc) is 2.53. The Morgan fingerprint density at radius 3 is 2.64 bits per heavy atom. The molecule has 1 unspecified atom stereocenters. The van der Waals surface area contributed by atoms with Crippen molar-refractivity contribution in [1.29, 1.82) is 0 Å². The van der Waals surface area contributed by atoms with Gasteiger partial charge in [-0.1, -0.05) is 12.1 Å². The van der Waals surface area contributed by atoms with E-state index in [2.05, 4.69) is 10.5 Å². The molecule has 1 heterocycles. The van der Waals surface area contributed by atoms with Gasteiger partial charge in [0, 0.05) is 17.8 Å². The summed E-state index contributed by atoms with van der Waals surface area (Å²) in [6.07, 6.45) is -0.411. The van der Waals surface area contributed by atoms with Gasteiger partial charge in [0.1, 0.15) is 0 Å². The van der Waals surface area contributed by atoms with Crippen LogP contribution in [0.1, 0.15) is 32.3 Å². The second-order valence-corrected chi connectivity index (χ2v) is 5.69. The molecule has 132 valence electrons. The number of nitro groups is 1. The van der Waals surface area contributed by atoms with E-state index in [1.54, 1.807) is 20.8 Å². The highest BCUT2D eigenvalue weighted by atomic mass is 16.6.